The highest BCUT2D eigenvalue weighted by Crippen LogP contribution is 2.35. The van der Waals surface area contributed by atoms with E-state index in [-0.39, 0.29) is 45.3 Å². The van der Waals surface area contributed by atoms with E-state index < -0.39 is 11.6 Å². The molecule has 0 atom stereocenters. The number of ether oxygens (including phenoxy) is 1. The Kier molecular flexibility index (Phi) is 4.83. The lowest BCUT2D eigenvalue weighted by atomic mass is 10.1. The maximum Gasteiger partial charge on any atom is 0.179 e. The Morgan fingerprint density at radius 2 is 2.05 bits per heavy atom. The van der Waals surface area contributed by atoms with E-state index in [1.807, 2.05) is 0 Å². The molecule has 0 spiro atoms. The number of nitrogen functional groups attached to an aromatic ring is 1. The van der Waals surface area contributed by atoms with Crippen LogP contribution < -0.4 is 10.5 Å². The Hall–Kier alpha value is -1.92. The van der Waals surface area contributed by atoms with Gasteiger partial charge in [0.1, 0.15) is 16.5 Å². The number of benzene rings is 1. The maximum atomic E-state index is 14.5. The van der Waals surface area contributed by atoms with Gasteiger partial charge in [0.2, 0.25) is 0 Å². The van der Waals surface area contributed by atoms with Crippen LogP contribution in [0.1, 0.15) is 24.3 Å². The topological polar surface area (TPSA) is 78.1 Å². The molecule has 0 fully saturated rings. The van der Waals surface area contributed by atoms with E-state index in [0.29, 0.717) is 0 Å². The molecule has 1 aromatic carbocycles. The number of carbonyl (C=O) groups is 1. The average molecular weight is 344 g/mol. The third-order valence-corrected chi connectivity index (χ3v) is 3.46. The predicted molar refractivity (Wildman–Crippen MR) is 83.0 cm³/mol. The van der Waals surface area contributed by atoms with Gasteiger partial charge in [-0.1, -0.05) is 23.2 Å². The van der Waals surface area contributed by atoms with Crippen molar-refractivity contribution < 1.29 is 13.9 Å². The minimum Gasteiger partial charge on any atom is -0.489 e. The van der Waals surface area contributed by atoms with Gasteiger partial charge in [-0.2, -0.15) is 0 Å². The van der Waals surface area contributed by atoms with E-state index in [0.717, 1.165) is 0 Å². The van der Waals surface area contributed by atoms with Crippen molar-refractivity contribution in [1.82, 2.24) is 9.97 Å². The molecule has 1 heterocycles. The lowest BCUT2D eigenvalue weighted by Gasteiger charge is -2.11. The SMILES string of the molecule is CCOc1c(Cl)ccc(-c2nc(N)c(Cl)c(C(C)=O)n2)c1F. The summed E-state index contributed by atoms with van der Waals surface area (Å²) < 4.78 is 19.7. The second-order valence-electron chi connectivity index (χ2n) is 4.32. The summed E-state index contributed by atoms with van der Waals surface area (Å²) in [7, 11) is 0. The van der Waals surface area contributed by atoms with Crippen LogP contribution in [0.3, 0.4) is 0 Å². The van der Waals surface area contributed by atoms with Crippen molar-refractivity contribution >= 4 is 34.8 Å². The third-order valence-electron chi connectivity index (χ3n) is 2.79. The number of hydrogen-bond acceptors (Lipinski definition) is 5. The number of rotatable bonds is 4. The fraction of sp³-hybridized carbons (Fsp3) is 0.214. The van der Waals surface area contributed by atoms with Crippen LogP contribution in [0.4, 0.5) is 10.2 Å². The molecule has 1 aromatic heterocycles. The molecule has 0 aliphatic rings. The first-order valence-electron chi connectivity index (χ1n) is 6.31. The van der Waals surface area contributed by atoms with Crippen LogP contribution >= 0.6 is 23.2 Å². The quantitative estimate of drug-likeness (QED) is 0.854. The van der Waals surface area contributed by atoms with Crippen LogP contribution in [-0.2, 0) is 0 Å². The Morgan fingerprint density at radius 3 is 2.64 bits per heavy atom. The van der Waals surface area contributed by atoms with E-state index in [1.54, 1.807) is 6.92 Å². The Morgan fingerprint density at radius 1 is 1.36 bits per heavy atom. The highest BCUT2D eigenvalue weighted by Gasteiger charge is 2.20. The van der Waals surface area contributed by atoms with Crippen LogP contribution in [0.2, 0.25) is 10.0 Å². The van der Waals surface area contributed by atoms with Crippen LogP contribution in [0, 0.1) is 5.82 Å². The summed E-state index contributed by atoms with van der Waals surface area (Å²) in [6.07, 6.45) is 0. The maximum absolute atomic E-state index is 14.5. The molecule has 0 bridgehead atoms. The molecule has 0 saturated heterocycles. The Bertz CT molecular complexity index is 753. The Balaban J connectivity index is 2.67. The fourth-order valence-corrected chi connectivity index (χ4v) is 2.22. The number of hydrogen-bond donors (Lipinski definition) is 1. The van der Waals surface area contributed by atoms with Gasteiger partial charge < -0.3 is 10.5 Å². The average Bonchev–Trinajstić information content (AvgIpc) is 2.46. The molecule has 0 saturated carbocycles. The molecule has 2 N–H and O–H groups in total. The van der Waals surface area contributed by atoms with Crippen molar-refractivity contribution in [2.24, 2.45) is 0 Å². The van der Waals surface area contributed by atoms with Gasteiger partial charge >= 0.3 is 0 Å². The number of anilines is 1. The van der Waals surface area contributed by atoms with E-state index in [1.165, 1.54) is 19.1 Å². The number of aromatic nitrogens is 2. The van der Waals surface area contributed by atoms with Crippen molar-refractivity contribution in [3.63, 3.8) is 0 Å². The molecule has 0 amide bonds. The lowest BCUT2D eigenvalue weighted by molar-refractivity contribution is 0.101. The molecule has 0 unspecified atom stereocenters. The van der Waals surface area contributed by atoms with Crippen LogP contribution in [0.15, 0.2) is 12.1 Å². The molecule has 0 radical (unpaired) electrons. The number of Topliss-reactive ketones (excluding diaryl/α,β-unsaturated/α-hetero) is 1. The highest BCUT2D eigenvalue weighted by molar-refractivity contribution is 6.35. The van der Waals surface area contributed by atoms with E-state index in [2.05, 4.69) is 9.97 Å². The van der Waals surface area contributed by atoms with Crippen molar-refractivity contribution in [3.8, 4) is 17.1 Å². The predicted octanol–water partition coefficient (Wildman–Crippen LogP) is 3.77. The van der Waals surface area contributed by atoms with E-state index >= 15 is 0 Å². The molecule has 22 heavy (non-hydrogen) atoms. The first kappa shape index (κ1) is 16.5. The summed E-state index contributed by atoms with van der Waals surface area (Å²) in [6, 6.07) is 2.83. The summed E-state index contributed by atoms with van der Waals surface area (Å²) in [6.45, 7) is 3.22. The number of carbonyl (C=O) groups excluding carboxylic acids is 1. The summed E-state index contributed by atoms with van der Waals surface area (Å²) in [5, 5.41) is 0.0625. The largest absolute Gasteiger partial charge is 0.489 e. The first-order valence-corrected chi connectivity index (χ1v) is 7.07. The smallest absolute Gasteiger partial charge is 0.179 e. The normalized spacial score (nSPS) is 10.6. The van der Waals surface area contributed by atoms with Crippen molar-refractivity contribution in [2.75, 3.05) is 12.3 Å². The van der Waals surface area contributed by atoms with Gasteiger partial charge in [0.15, 0.2) is 23.2 Å². The van der Waals surface area contributed by atoms with Crippen molar-refractivity contribution in [3.05, 3.63) is 33.7 Å². The van der Waals surface area contributed by atoms with Crippen LogP contribution in [0.25, 0.3) is 11.4 Å². The van der Waals surface area contributed by atoms with Gasteiger partial charge in [-0.15, -0.1) is 0 Å². The minimum absolute atomic E-state index is 0.0127. The van der Waals surface area contributed by atoms with Gasteiger partial charge in [-0.3, -0.25) is 4.79 Å². The number of nitrogens with zero attached hydrogens (tertiary/aromatic N) is 2. The zero-order valence-corrected chi connectivity index (χ0v) is 13.3. The molecule has 8 heteroatoms. The van der Waals surface area contributed by atoms with Crippen LogP contribution in [-0.4, -0.2) is 22.4 Å². The number of ketones is 1. The minimum atomic E-state index is -0.731. The third kappa shape index (κ3) is 2.98. The lowest BCUT2D eigenvalue weighted by Crippen LogP contribution is -2.07. The molecule has 116 valence electrons. The molecule has 5 nitrogen and oxygen atoms in total. The monoisotopic (exact) mass is 343 g/mol. The molecule has 0 aliphatic heterocycles. The van der Waals surface area contributed by atoms with Gasteiger partial charge in [-0.05, 0) is 19.1 Å². The van der Waals surface area contributed by atoms with Gasteiger partial charge in [0, 0.05) is 6.92 Å². The van der Waals surface area contributed by atoms with Crippen molar-refractivity contribution in [2.45, 2.75) is 13.8 Å². The van der Waals surface area contributed by atoms with E-state index in [4.69, 9.17) is 33.7 Å². The zero-order chi connectivity index (χ0) is 16.4. The molecule has 0 aliphatic carbocycles. The Labute approximate surface area is 136 Å². The standard InChI is InChI=1S/C14H12Cl2FN3O2/c1-3-22-12-8(15)5-4-7(10(12)17)14-19-11(6(2)21)9(16)13(18)20-14/h4-5H,3H2,1-2H3,(H2,18,19,20). The molecular weight excluding hydrogens is 332 g/mol. The van der Waals surface area contributed by atoms with Crippen molar-refractivity contribution in [1.29, 1.82) is 0 Å². The summed E-state index contributed by atoms with van der Waals surface area (Å²) in [5.41, 5.74) is 5.60. The summed E-state index contributed by atoms with van der Waals surface area (Å²) in [4.78, 5) is 19.4. The molecule has 2 rings (SSSR count). The number of halogens is 3. The van der Waals surface area contributed by atoms with Gasteiger partial charge in [-0.25, -0.2) is 14.4 Å². The highest BCUT2D eigenvalue weighted by atomic mass is 35.5. The second kappa shape index (κ2) is 6.46. The molecule has 2 aromatic rings. The zero-order valence-electron chi connectivity index (χ0n) is 11.8. The second-order valence-corrected chi connectivity index (χ2v) is 5.11. The fourth-order valence-electron chi connectivity index (χ4n) is 1.80. The van der Waals surface area contributed by atoms with E-state index in [9.17, 15) is 9.18 Å². The van der Waals surface area contributed by atoms with Crippen LogP contribution in [0.5, 0.6) is 5.75 Å². The number of nitrogens with two attached hydrogens (primary N) is 1. The first-order chi connectivity index (χ1) is 10.4. The summed E-state index contributed by atoms with van der Waals surface area (Å²) >= 11 is 11.8. The van der Waals surface area contributed by atoms with Gasteiger partial charge in [0.25, 0.3) is 0 Å². The molecular formula is C14H12Cl2FN3O2. The summed E-state index contributed by atoms with van der Waals surface area (Å²) in [5.74, 6) is -1.42. The van der Waals surface area contributed by atoms with Gasteiger partial charge in [0.05, 0.1) is 17.2 Å².